The lowest BCUT2D eigenvalue weighted by atomic mass is 10.3. The van der Waals surface area contributed by atoms with Crippen LogP contribution < -0.4 is 5.32 Å². The summed E-state index contributed by atoms with van der Waals surface area (Å²) >= 11 is 1.45. The third-order valence-corrected chi connectivity index (χ3v) is 7.13. The Morgan fingerprint density at radius 2 is 1.68 bits per heavy atom. The Morgan fingerprint density at radius 3 is 2.29 bits per heavy atom. The van der Waals surface area contributed by atoms with Crippen molar-refractivity contribution in [1.29, 1.82) is 0 Å². The molecule has 3 rings (SSSR count). The number of carbonyl (C=O) groups excluding carboxylic acids is 1. The minimum Gasteiger partial charge on any atom is -0.373 e. The molecule has 0 spiro atoms. The van der Waals surface area contributed by atoms with E-state index in [4.69, 9.17) is 4.74 Å². The zero-order chi connectivity index (χ0) is 20.1. The highest BCUT2D eigenvalue weighted by Gasteiger charge is 2.32. The van der Waals surface area contributed by atoms with Crippen LogP contribution in [0.2, 0.25) is 0 Å². The molecule has 8 heteroatoms. The summed E-state index contributed by atoms with van der Waals surface area (Å²) in [7, 11) is -3.58. The Morgan fingerprint density at radius 1 is 1.07 bits per heavy atom. The van der Waals surface area contributed by atoms with Crippen molar-refractivity contribution in [3.05, 3.63) is 54.6 Å². The van der Waals surface area contributed by atoms with Gasteiger partial charge >= 0.3 is 0 Å². The molecule has 1 amide bonds. The van der Waals surface area contributed by atoms with Crippen LogP contribution in [0.3, 0.4) is 0 Å². The van der Waals surface area contributed by atoms with E-state index in [1.165, 1.54) is 28.2 Å². The van der Waals surface area contributed by atoms with Crippen LogP contribution in [0.1, 0.15) is 13.8 Å². The van der Waals surface area contributed by atoms with Crippen molar-refractivity contribution < 1.29 is 17.9 Å². The van der Waals surface area contributed by atoms with Crippen LogP contribution in [0.4, 0.5) is 5.69 Å². The summed E-state index contributed by atoms with van der Waals surface area (Å²) < 4.78 is 32.8. The first-order valence-corrected chi connectivity index (χ1v) is 11.5. The molecule has 0 aliphatic carbocycles. The summed E-state index contributed by atoms with van der Waals surface area (Å²) in [6.07, 6.45) is -0.279. The number of hydrogen-bond acceptors (Lipinski definition) is 5. The van der Waals surface area contributed by atoms with E-state index in [-0.39, 0.29) is 28.8 Å². The van der Waals surface area contributed by atoms with Gasteiger partial charge in [0.05, 0.1) is 22.9 Å². The number of nitrogens with zero attached hydrogens (tertiary/aromatic N) is 1. The Kier molecular flexibility index (Phi) is 6.77. The van der Waals surface area contributed by atoms with Crippen LogP contribution in [-0.2, 0) is 19.6 Å². The predicted molar refractivity (Wildman–Crippen MR) is 111 cm³/mol. The topological polar surface area (TPSA) is 75.7 Å². The molecule has 2 aromatic rings. The minimum absolute atomic E-state index is 0.139. The summed E-state index contributed by atoms with van der Waals surface area (Å²) in [6.45, 7) is 4.40. The van der Waals surface area contributed by atoms with E-state index in [0.717, 1.165) is 4.90 Å². The maximum atomic E-state index is 12.9. The number of thioether (sulfide) groups is 1. The van der Waals surface area contributed by atoms with Gasteiger partial charge in [0.15, 0.2) is 0 Å². The van der Waals surface area contributed by atoms with E-state index in [2.05, 4.69) is 5.32 Å². The molecule has 2 atom stereocenters. The van der Waals surface area contributed by atoms with Crippen molar-refractivity contribution in [2.45, 2.75) is 35.8 Å². The van der Waals surface area contributed by atoms with Crippen molar-refractivity contribution in [3.63, 3.8) is 0 Å². The molecule has 150 valence electrons. The predicted octanol–water partition coefficient (Wildman–Crippen LogP) is 3.22. The second kappa shape index (κ2) is 9.09. The van der Waals surface area contributed by atoms with Crippen LogP contribution in [0, 0.1) is 0 Å². The molecule has 2 aromatic carbocycles. The number of ether oxygens (including phenoxy) is 1. The Hall–Kier alpha value is -1.87. The monoisotopic (exact) mass is 420 g/mol. The largest absolute Gasteiger partial charge is 0.373 e. The molecule has 1 aliphatic heterocycles. The van der Waals surface area contributed by atoms with Crippen molar-refractivity contribution in [2.75, 3.05) is 24.2 Å². The third kappa shape index (κ3) is 5.35. The third-order valence-electron chi connectivity index (χ3n) is 4.28. The number of morpholine rings is 1. The van der Waals surface area contributed by atoms with Gasteiger partial charge in [-0.15, -0.1) is 11.8 Å². The fourth-order valence-corrected chi connectivity index (χ4v) is 5.36. The standard InChI is InChI=1S/C20H24N2O4S2/c1-15-12-22(13-16(2)26-15)28(24,25)19-10-8-17(9-11-19)21-20(23)14-27-18-6-4-3-5-7-18/h3-11,15-16H,12-14H2,1-2H3,(H,21,23)/t15-,16-/m0/s1. The van der Waals surface area contributed by atoms with Gasteiger partial charge in [0.2, 0.25) is 15.9 Å². The first kappa shape index (κ1) is 20.9. The van der Waals surface area contributed by atoms with Gasteiger partial charge in [-0.25, -0.2) is 8.42 Å². The molecule has 1 heterocycles. The number of sulfonamides is 1. The molecule has 0 aromatic heterocycles. The summed E-state index contributed by atoms with van der Waals surface area (Å²) in [5.74, 6) is 0.147. The second-order valence-electron chi connectivity index (χ2n) is 6.75. The summed E-state index contributed by atoms with van der Waals surface area (Å²) in [5.41, 5.74) is 0.571. The average Bonchev–Trinajstić information content (AvgIpc) is 2.67. The highest BCUT2D eigenvalue weighted by molar-refractivity contribution is 8.00. The van der Waals surface area contributed by atoms with Crippen LogP contribution in [0.15, 0.2) is 64.4 Å². The van der Waals surface area contributed by atoms with E-state index in [0.29, 0.717) is 18.8 Å². The highest BCUT2D eigenvalue weighted by Crippen LogP contribution is 2.23. The van der Waals surface area contributed by atoms with E-state index < -0.39 is 10.0 Å². The number of anilines is 1. The minimum atomic E-state index is -3.58. The number of hydrogen-bond donors (Lipinski definition) is 1. The lowest BCUT2D eigenvalue weighted by Gasteiger charge is -2.34. The first-order chi connectivity index (χ1) is 13.3. The van der Waals surface area contributed by atoms with Gasteiger partial charge in [-0.05, 0) is 50.2 Å². The number of carbonyl (C=O) groups is 1. The SMILES string of the molecule is C[C@H]1CN(S(=O)(=O)c2ccc(NC(=O)CSc3ccccc3)cc2)C[C@H](C)O1. The molecular formula is C20H24N2O4S2. The molecule has 0 unspecified atom stereocenters. The molecule has 1 fully saturated rings. The van der Waals surface area contributed by atoms with E-state index in [1.807, 2.05) is 44.2 Å². The zero-order valence-corrected chi connectivity index (χ0v) is 17.5. The van der Waals surface area contributed by atoms with Crippen LogP contribution in [-0.4, -0.2) is 49.7 Å². The number of benzene rings is 2. The number of nitrogens with one attached hydrogen (secondary N) is 1. The fourth-order valence-electron chi connectivity index (χ4n) is 3.05. The zero-order valence-electron chi connectivity index (χ0n) is 15.9. The van der Waals surface area contributed by atoms with Gasteiger partial charge < -0.3 is 10.1 Å². The maximum Gasteiger partial charge on any atom is 0.243 e. The molecular weight excluding hydrogens is 396 g/mol. The van der Waals surface area contributed by atoms with E-state index in [9.17, 15) is 13.2 Å². The van der Waals surface area contributed by atoms with Crippen molar-refractivity contribution in [3.8, 4) is 0 Å². The number of rotatable bonds is 6. The molecule has 1 aliphatic rings. The summed E-state index contributed by atoms with van der Waals surface area (Å²) in [5, 5.41) is 2.80. The average molecular weight is 421 g/mol. The molecule has 0 bridgehead atoms. The smallest absolute Gasteiger partial charge is 0.243 e. The summed E-state index contributed by atoms with van der Waals surface area (Å²) in [4.78, 5) is 13.3. The van der Waals surface area contributed by atoms with Crippen molar-refractivity contribution in [2.24, 2.45) is 0 Å². The van der Waals surface area contributed by atoms with Crippen molar-refractivity contribution in [1.82, 2.24) is 4.31 Å². The molecule has 6 nitrogen and oxygen atoms in total. The van der Waals surface area contributed by atoms with Gasteiger partial charge in [-0.1, -0.05) is 18.2 Å². The quantitative estimate of drug-likeness (QED) is 0.727. The molecule has 1 N–H and O–H groups in total. The van der Waals surface area contributed by atoms with E-state index in [1.54, 1.807) is 12.1 Å². The lowest BCUT2D eigenvalue weighted by molar-refractivity contribution is -0.113. The van der Waals surface area contributed by atoms with Gasteiger partial charge in [-0.3, -0.25) is 4.79 Å². The molecule has 28 heavy (non-hydrogen) atoms. The summed E-state index contributed by atoms with van der Waals surface area (Å²) in [6, 6.07) is 16.0. The molecule has 0 radical (unpaired) electrons. The maximum absolute atomic E-state index is 12.9. The van der Waals surface area contributed by atoms with Crippen LogP contribution in [0.25, 0.3) is 0 Å². The van der Waals surface area contributed by atoms with E-state index >= 15 is 0 Å². The molecule has 0 saturated carbocycles. The fraction of sp³-hybridized carbons (Fsp3) is 0.350. The Balaban J connectivity index is 1.60. The van der Waals surface area contributed by atoms with Gasteiger partial charge in [0, 0.05) is 23.7 Å². The lowest BCUT2D eigenvalue weighted by Crippen LogP contribution is -2.48. The normalized spacial score (nSPS) is 20.6. The Bertz CT molecular complexity index is 892. The Labute approximate surface area is 170 Å². The first-order valence-electron chi connectivity index (χ1n) is 9.08. The van der Waals surface area contributed by atoms with Crippen LogP contribution >= 0.6 is 11.8 Å². The number of amides is 1. The van der Waals surface area contributed by atoms with Gasteiger partial charge in [0.1, 0.15) is 0 Å². The van der Waals surface area contributed by atoms with Gasteiger partial charge in [0.25, 0.3) is 0 Å². The highest BCUT2D eigenvalue weighted by atomic mass is 32.2. The van der Waals surface area contributed by atoms with Crippen LogP contribution in [0.5, 0.6) is 0 Å². The van der Waals surface area contributed by atoms with Crippen molar-refractivity contribution >= 4 is 33.4 Å². The second-order valence-corrected chi connectivity index (χ2v) is 9.74. The van der Waals surface area contributed by atoms with Gasteiger partial charge in [-0.2, -0.15) is 4.31 Å². The molecule has 1 saturated heterocycles.